The second-order valence-electron chi connectivity index (χ2n) is 7.29. The van der Waals surface area contributed by atoms with E-state index in [1.54, 1.807) is 12.1 Å². The minimum Gasteiger partial charge on any atom is -0.457 e. The van der Waals surface area contributed by atoms with Crippen LogP contribution in [0.15, 0.2) is 78.9 Å². The van der Waals surface area contributed by atoms with Gasteiger partial charge in [0.1, 0.15) is 17.2 Å². The molecule has 1 heterocycles. The van der Waals surface area contributed by atoms with Gasteiger partial charge in [0.25, 0.3) is 0 Å². The summed E-state index contributed by atoms with van der Waals surface area (Å²) in [6, 6.07) is 23.4. The van der Waals surface area contributed by atoms with Crippen molar-refractivity contribution < 1.29 is 22.6 Å². The number of benzene rings is 3. The van der Waals surface area contributed by atoms with Crippen LogP contribution in [0.3, 0.4) is 0 Å². The quantitative estimate of drug-likeness (QED) is 0.435. The highest BCUT2D eigenvalue weighted by atomic mass is 35.5. The molecule has 0 radical (unpaired) electrons. The SMILES string of the molecule is Cl.Cl.FC(F)(F)Oc1ccc([C@@H](c2cccc(Oc3ccccc3)c2)N2CCNCC2)cc1. The summed E-state index contributed by atoms with van der Waals surface area (Å²) in [5.74, 6) is 1.23. The molecular formula is C24H25Cl2F3N2O2. The van der Waals surface area contributed by atoms with Crippen LogP contribution < -0.4 is 14.8 Å². The molecular weight excluding hydrogens is 476 g/mol. The van der Waals surface area contributed by atoms with Crippen LogP contribution in [0.1, 0.15) is 17.2 Å². The maximum atomic E-state index is 12.5. The average molecular weight is 501 g/mol. The van der Waals surface area contributed by atoms with Crippen LogP contribution in [-0.4, -0.2) is 37.4 Å². The zero-order chi connectivity index (χ0) is 21.7. The fourth-order valence-corrected chi connectivity index (χ4v) is 3.78. The lowest BCUT2D eigenvalue weighted by Crippen LogP contribution is -2.45. The Morgan fingerprint density at radius 1 is 0.727 bits per heavy atom. The van der Waals surface area contributed by atoms with E-state index in [4.69, 9.17) is 4.74 Å². The van der Waals surface area contributed by atoms with E-state index < -0.39 is 6.36 Å². The van der Waals surface area contributed by atoms with Crippen LogP contribution >= 0.6 is 24.8 Å². The van der Waals surface area contributed by atoms with Crippen LogP contribution in [0.2, 0.25) is 0 Å². The van der Waals surface area contributed by atoms with Gasteiger partial charge in [-0.1, -0.05) is 42.5 Å². The van der Waals surface area contributed by atoms with E-state index in [0.717, 1.165) is 43.1 Å². The van der Waals surface area contributed by atoms with Gasteiger partial charge in [-0.3, -0.25) is 4.90 Å². The Balaban J connectivity index is 0.00000193. The number of nitrogens with zero attached hydrogens (tertiary/aromatic N) is 1. The van der Waals surface area contributed by atoms with E-state index in [1.165, 1.54) is 12.1 Å². The third-order valence-electron chi connectivity index (χ3n) is 5.10. The molecule has 1 saturated heterocycles. The van der Waals surface area contributed by atoms with Gasteiger partial charge in [-0.25, -0.2) is 0 Å². The molecule has 0 spiro atoms. The Hall–Kier alpha value is -2.45. The molecule has 1 N–H and O–H groups in total. The van der Waals surface area contributed by atoms with Gasteiger partial charge in [-0.05, 0) is 47.5 Å². The molecule has 3 aromatic rings. The molecule has 0 bridgehead atoms. The van der Waals surface area contributed by atoms with Crippen molar-refractivity contribution in [3.8, 4) is 17.2 Å². The number of hydrogen-bond donors (Lipinski definition) is 1. The number of rotatable bonds is 6. The van der Waals surface area contributed by atoms with Gasteiger partial charge in [-0.2, -0.15) is 0 Å². The van der Waals surface area contributed by atoms with Crippen molar-refractivity contribution in [3.63, 3.8) is 0 Å². The standard InChI is InChI=1S/C24H23F3N2O2.2ClH/c25-24(26,27)31-21-11-9-18(10-12-21)23(29-15-13-28-14-16-29)19-5-4-8-22(17-19)30-20-6-2-1-3-7-20;;/h1-12,17,23,28H,13-16H2;2*1H/t23-;;/m0../s1. The van der Waals surface area contributed by atoms with Crippen molar-refractivity contribution in [2.45, 2.75) is 12.4 Å². The lowest BCUT2D eigenvalue weighted by Gasteiger charge is -2.35. The summed E-state index contributed by atoms with van der Waals surface area (Å²) in [6.07, 6.45) is -4.71. The van der Waals surface area contributed by atoms with Gasteiger partial charge in [0, 0.05) is 26.2 Å². The lowest BCUT2D eigenvalue weighted by molar-refractivity contribution is -0.274. The highest BCUT2D eigenvalue weighted by molar-refractivity contribution is 5.85. The van der Waals surface area contributed by atoms with Crippen LogP contribution in [0.5, 0.6) is 17.2 Å². The predicted molar refractivity (Wildman–Crippen MR) is 127 cm³/mol. The maximum absolute atomic E-state index is 12.5. The monoisotopic (exact) mass is 500 g/mol. The minimum atomic E-state index is -4.71. The van der Waals surface area contributed by atoms with Crippen molar-refractivity contribution in [2.75, 3.05) is 26.2 Å². The zero-order valence-electron chi connectivity index (χ0n) is 17.6. The zero-order valence-corrected chi connectivity index (χ0v) is 19.3. The molecule has 1 atom stereocenters. The van der Waals surface area contributed by atoms with Gasteiger partial charge < -0.3 is 14.8 Å². The smallest absolute Gasteiger partial charge is 0.457 e. The highest BCUT2D eigenvalue weighted by Crippen LogP contribution is 2.34. The first-order valence-corrected chi connectivity index (χ1v) is 10.1. The molecule has 0 saturated carbocycles. The summed E-state index contributed by atoms with van der Waals surface area (Å²) < 4.78 is 47.6. The van der Waals surface area contributed by atoms with E-state index >= 15 is 0 Å². The summed E-state index contributed by atoms with van der Waals surface area (Å²) in [5.41, 5.74) is 1.91. The first-order chi connectivity index (χ1) is 15.0. The van der Waals surface area contributed by atoms with Crippen LogP contribution in [0, 0.1) is 0 Å². The van der Waals surface area contributed by atoms with Gasteiger partial charge >= 0.3 is 6.36 Å². The molecule has 33 heavy (non-hydrogen) atoms. The molecule has 9 heteroatoms. The highest BCUT2D eigenvalue weighted by Gasteiger charge is 2.31. The van der Waals surface area contributed by atoms with E-state index in [0.29, 0.717) is 5.75 Å². The molecule has 1 aliphatic rings. The topological polar surface area (TPSA) is 33.7 Å². The van der Waals surface area contributed by atoms with Crippen molar-refractivity contribution in [2.24, 2.45) is 0 Å². The lowest BCUT2D eigenvalue weighted by atomic mass is 9.96. The van der Waals surface area contributed by atoms with Gasteiger partial charge in [-0.15, -0.1) is 38.0 Å². The van der Waals surface area contributed by atoms with Gasteiger partial charge in [0.05, 0.1) is 6.04 Å². The van der Waals surface area contributed by atoms with Crippen LogP contribution in [0.25, 0.3) is 0 Å². The first-order valence-electron chi connectivity index (χ1n) is 10.1. The molecule has 1 aliphatic heterocycles. The molecule has 3 aromatic carbocycles. The number of alkyl halides is 3. The summed E-state index contributed by atoms with van der Waals surface area (Å²) >= 11 is 0. The van der Waals surface area contributed by atoms with Crippen LogP contribution in [0.4, 0.5) is 13.2 Å². The van der Waals surface area contributed by atoms with E-state index in [-0.39, 0.29) is 36.6 Å². The Bertz CT molecular complexity index is 983. The molecule has 0 aromatic heterocycles. The predicted octanol–water partition coefficient (Wildman–Crippen LogP) is 6.22. The van der Waals surface area contributed by atoms with E-state index in [1.807, 2.05) is 54.6 Å². The molecule has 178 valence electrons. The number of para-hydroxylation sites is 1. The second kappa shape index (κ2) is 12.1. The van der Waals surface area contributed by atoms with E-state index in [9.17, 15) is 13.2 Å². The minimum absolute atomic E-state index is 0. The number of ether oxygens (including phenoxy) is 2. The number of nitrogens with one attached hydrogen (secondary N) is 1. The molecule has 0 aliphatic carbocycles. The summed E-state index contributed by atoms with van der Waals surface area (Å²) in [4.78, 5) is 2.32. The summed E-state index contributed by atoms with van der Waals surface area (Å²) in [6.45, 7) is 3.36. The fourth-order valence-electron chi connectivity index (χ4n) is 3.78. The van der Waals surface area contributed by atoms with Crippen molar-refractivity contribution in [1.29, 1.82) is 0 Å². The number of piperazine rings is 1. The Kier molecular flexibility index (Phi) is 9.86. The van der Waals surface area contributed by atoms with Gasteiger partial charge in [0.2, 0.25) is 0 Å². The normalized spacial score (nSPS) is 15.0. The molecule has 4 rings (SSSR count). The fraction of sp³-hybridized carbons (Fsp3) is 0.250. The third-order valence-corrected chi connectivity index (χ3v) is 5.10. The Morgan fingerprint density at radius 3 is 2.00 bits per heavy atom. The van der Waals surface area contributed by atoms with E-state index in [2.05, 4.69) is 15.0 Å². The average Bonchev–Trinajstić information content (AvgIpc) is 2.76. The molecule has 4 nitrogen and oxygen atoms in total. The Labute approximate surface area is 203 Å². The number of hydrogen-bond acceptors (Lipinski definition) is 4. The molecule has 0 unspecified atom stereocenters. The van der Waals surface area contributed by atoms with Crippen molar-refractivity contribution in [1.82, 2.24) is 10.2 Å². The molecule has 1 fully saturated rings. The largest absolute Gasteiger partial charge is 0.573 e. The first kappa shape index (κ1) is 26.8. The van der Waals surface area contributed by atoms with Crippen LogP contribution in [-0.2, 0) is 0 Å². The van der Waals surface area contributed by atoms with Crippen molar-refractivity contribution in [3.05, 3.63) is 90.0 Å². The van der Waals surface area contributed by atoms with Gasteiger partial charge in [0.15, 0.2) is 0 Å². The number of halogens is 5. The molecule has 0 amide bonds. The maximum Gasteiger partial charge on any atom is 0.573 e. The summed E-state index contributed by atoms with van der Waals surface area (Å²) in [5, 5.41) is 3.34. The second-order valence-corrected chi connectivity index (χ2v) is 7.29. The van der Waals surface area contributed by atoms with Crippen molar-refractivity contribution >= 4 is 24.8 Å². The Morgan fingerprint density at radius 2 is 1.36 bits per heavy atom. The summed E-state index contributed by atoms with van der Waals surface area (Å²) in [7, 11) is 0. The third kappa shape index (κ3) is 7.54.